The van der Waals surface area contributed by atoms with Gasteiger partial charge in [-0.05, 0) is 49.1 Å². The minimum Gasteiger partial charge on any atom is -0.352 e. The van der Waals surface area contributed by atoms with Gasteiger partial charge in [0.05, 0.1) is 5.75 Å². The summed E-state index contributed by atoms with van der Waals surface area (Å²) >= 11 is 7.51. The lowest BCUT2D eigenvalue weighted by Crippen LogP contribution is -2.51. The molecule has 0 aromatic heterocycles. The van der Waals surface area contributed by atoms with E-state index in [0.717, 1.165) is 36.1 Å². The van der Waals surface area contributed by atoms with Crippen LogP contribution in [-0.4, -0.2) is 34.6 Å². The summed E-state index contributed by atoms with van der Waals surface area (Å²) in [4.78, 5) is 29.1. The van der Waals surface area contributed by atoms with E-state index in [0.29, 0.717) is 23.7 Å². The average molecular weight is 445 g/mol. The van der Waals surface area contributed by atoms with E-state index in [9.17, 15) is 9.59 Å². The number of hydrogen-bond donors (Lipinski definition) is 1. The Kier molecular flexibility index (Phi) is 8.64. The quantitative estimate of drug-likeness (QED) is 0.534. The minimum atomic E-state index is -0.481. The molecule has 1 N–H and O–H groups in total. The number of benzene rings is 2. The first-order valence-electron chi connectivity index (χ1n) is 10.6. The first-order chi connectivity index (χ1) is 14.6. The molecular weight excluding hydrogens is 416 g/mol. The zero-order chi connectivity index (χ0) is 21.3. The Morgan fingerprint density at radius 1 is 1.10 bits per heavy atom. The Bertz CT molecular complexity index is 823. The molecule has 1 fully saturated rings. The second kappa shape index (κ2) is 11.4. The largest absolute Gasteiger partial charge is 0.352 e. The molecule has 6 heteroatoms. The van der Waals surface area contributed by atoms with Crippen molar-refractivity contribution in [1.29, 1.82) is 0 Å². The van der Waals surface area contributed by atoms with Crippen molar-refractivity contribution in [3.63, 3.8) is 0 Å². The Hall–Kier alpha value is -1.98. The van der Waals surface area contributed by atoms with Gasteiger partial charge in [-0.25, -0.2) is 0 Å². The van der Waals surface area contributed by atoms with Gasteiger partial charge in [-0.15, -0.1) is 11.8 Å². The maximum absolute atomic E-state index is 13.2. The topological polar surface area (TPSA) is 49.4 Å². The van der Waals surface area contributed by atoms with Crippen LogP contribution >= 0.6 is 23.4 Å². The van der Waals surface area contributed by atoms with Crippen LogP contribution in [0.5, 0.6) is 0 Å². The van der Waals surface area contributed by atoms with Gasteiger partial charge in [0.25, 0.3) is 0 Å². The van der Waals surface area contributed by atoms with Crippen LogP contribution in [0.4, 0.5) is 0 Å². The first kappa shape index (κ1) is 22.7. The summed E-state index contributed by atoms with van der Waals surface area (Å²) in [5, 5.41) is 3.83. The molecule has 0 radical (unpaired) electrons. The highest BCUT2D eigenvalue weighted by atomic mass is 35.5. The highest BCUT2D eigenvalue weighted by molar-refractivity contribution is 8.00. The number of nitrogens with one attached hydrogen (secondary N) is 1. The van der Waals surface area contributed by atoms with Crippen molar-refractivity contribution in [2.24, 2.45) is 0 Å². The molecule has 0 bridgehead atoms. The van der Waals surface area contributed by atoms with Crippen molar-refractivity contribution in [1.82, 2.24) is 10.2 Å². The summed E-state index contributed by atoms with van der Waals surface area (Å²) in [7, 11) is 0. The molecule has 0 spiro atoms. The number of rotatable bonds is 9. The predicted octanol–water partition coefficient (Wildman–Crippen LogP) is 5.30. The van der Waals surface area contributed by atoms with Crippen LogP contribution in [0.1, 0.15) is 44.6 Å². The molecule has 160 valence electrons. The van der Waals surface area contributed by atoms with Gasteiger partial charge in [0.2, 0.25) is 11.8 Å². The van der Waals surface area contributed by atoms with Gasteiger partial charge in [0.1, 0.15) is 6.04 Å². The molecule has 1 aliphatic carbocycles. The molecule has 1 atom stereocenters. The van der Waals surface area contributed by atoms with Crippen LogP contribution in [0, 0.1) is 0 Å². The Balaban J connectivity index is 1.74. The summed E-state index contributed by atoms with van der Waals surface area (Å²) in [5.41, 5.74) is 0.963. The number of nitrogens with zero attached hydrogens (tertiary/aromatic N) is 1. The molecule has 2 amide bonds. The number of carbonyl (C=O) groups excluding carboxylic acids is 2. The van der Waals surface area contributed by atoms with E-state index in [1.807, 2.05) is 61.5 Å². The monoisotopic (exact) mass is 444 g/mol. The molecule has 2 aromatic rings. The molecule has 1 aliphatic rings. The fourth-order valence-corrected chi connectivity index (χ4v) is 4.75. The lowest BCUT2D eigenvalue weighted by molar-refractivity contribution is -0.139. The molecular formula is C24H29ClN2O2S. The smallest absolute Gasteiger partial charge is 0.243 e. The second-order valence-corrected chi connectivity index (χ2v) is 9.15. The lowest BCUT2D eigenvalue weighted by atomic mass is 10.1. The fourth-order valence-electron chi connectivity index (χ4n) is 3.82. The van der Waals surface area contributed by atoms with Crippen LogP contribution in [-0.2, 0) is 16.1 Å². The van der Waals surface area contributed by atoms with Gasteiger partial charge in [-0.1, -0.05) is 61.7 Å². The maximum atomic E-state index is 13.2. The van der Waals surface area contributed by atoms with Gasteiger partial charge < -0.3 is 10.2 Å². The third-order valence-corrected chi connectivity index (χ3v) is 6.71. The highest BCUT2D eigenvalue weighted by Gasteiger charge is 2.30. The predicted molar refractivity (Wildman–Crippen MR) is 124 cm³/mol. The lowest BCUT2D eigenvalue weighted by Gasteiger charge is -2.31. The summed E-state index contributed by atoms with van der Waals surface area (Å²) in [6.45, 7) is 2.35. The summed E-state index contributed by atoms with van der Waals surface area (Å²) in [6.07, 6.45) is 4.94. The van der Waals surface area contributed by atoms with Crippen molar-refractivity contribution in [3.05, 3.63) is 65.2 Å². The van der Waals surface area contributed by atoms with Gasteiger partial charge in [-0.3, -0.25) is 9.59 Å². The van der Waals surface area contributed by atoms with Gasteiger partial charge in [0, 0.05) is 22.5 Å². The first-order valence-corrected chi connectivity index (χ1v) is 11.9. The van der Waals surface area contributed by atoms with Crippen LogP contribution in [0.15, 0.2) is 59.5 Å². The normalized spacial score (nSPS) is 15.0. The van der Waals surface area contributed by atoms with E-state index in [1.165, 1.54) is 11.8 Å². The van der Waals surface area contributed by atoms with Gasteiger partial charge in [0.15, 0.2) is 0 Å². The van der Waals surface area contributed by atoms with Crippen molar-refractivity contribution < 1.29 is 9.59 Å². The SMILES string of the molecule is CC[C@H](C(=O)NC1CCCC1)N(Cc1ccc(Cl)cc1)C(=O)CSc1ccccc1. The van der Waals surface area contributed by atoms with Crippen molar-refractivity contribution in [3.8, 4) is 0 Å². The average Bonchev–Trinajstić information content (AvgIpc) is 3.27. The third-order valence-electron chi connectivity index (χ3n) is 5.46. The standard InChI is InChI=1S/C24H29ClN2O2S/c1-2-22(24(29)26-20-8-6-7-9-20)27(16-18-12-14-19(25)15-13-18)23(28)17-30-21-10-4-3-5-11-21/h3-5,10-15,20,22H,2,6-9,16-17H2,1H3,(H,26,29)/t22-/m1/s1. The van der Waals surface area contributed by atoms with Crippen LogP contribution in [0.3, 0.4) is 0 Å². The number of hydrogen-bond acceptors (Lipinski definition) is 3. The molecule has 0 saturated heterocycles. The zero-order valence-corrected chi connectivity index (χ0v) is 18.9. The number of halogens is 1. The van der Waals surface area contributed by atoms with E-state index in [-0.39, 0.29) is 17.9 Å². The molecule has 1 saturated carbocycles. The third kappa shape index (κ3) is 6.51. The molecule has 3 rings (SSSR count). The highest BCUT2D eigenvalue weighted by Crippen LogP contribution is 2.22. The van der Waals surface area contributed by atoms with E-state index in [1.54, 1.807) is 4.90 Å². The Morgan fingerprint density at radius 2 is 1.77 bits per heavy atom. The summed E-state index contributed by atoms with van der Waals surface area (Å²) in [6, 6.07) is 17.1. The molecule has 4 nitrogen and oxygen atoms in total. The summed E-state index contributed by atoms with van der Waals surface area (Å²) < 4.78 is 0. The molecule has 2 aromatic carbocycles. The molecule has 0 unspecified atom stereocenters. The minimum absolute atomic E-state index is 0.0350. The van der Waals surface area contributed by atoms with Crippen LogP contribution in [0.2, 0.25) is 5.02 Å². The molecule has 0 heterocycles. The van der Waals surface area contributed by atoms with Crippen molar-refractivity contribution in [2.75, 3.05) is 5.75 Å². The van der Waals surface area contributed by atoms with E-state index < -0.39 is 6.04 Å². The van der Waals surface area contributed by atoms with E-state index >= 15 is 0 Å². The zero-order valence-electron chi connectivity index (χ0n) is 17.4. The molecule has 30 heavy (non-hydrogen) atoms. The number of thioether (sulfide) groups is 1. The fraction of sp³-hybridized carbons (Fsp3) is 0.417. The number of carbonyl (C=O) groups is 2. The van der Waals surface area contributed by atoms with Crippen LogP contribution < -0.4 is 5.32 Å². The van der Waals surface area contributed by atoms with E-state index in [4.69, 9.17) is 11.6 Å². The van der Waals surface area contributed by atoms with Crippen LogP contribution in [0.25, 0.3) is 0 Å². The van der Waals surface area contributed by atoms with E-state index in [2.05, 4.69) is 5.32 Å². The second-order valence-electron chi connectivity index (χ2n) is 7.66. The Labute approximate surface area is 188 Å². The van der Waals surface area contributed by atoms with Crippen molar-refractivity contribution in [2.45, 2.75) is 62.6 Å². The van der Waals surface area contributed by atoms with Crippen molar-refractivity contribution >= 4 is 35.2 Å². The maximum Gasteiger partial charge on any atom is 0.243 e. The number of amides is 2. The Morgan fingerprint density at radius 3 is 2.40 bits per heavy atom. The van der Waals surface area contributed by atoms with Gasteiger partial charge >= 0.3 is 0 Å². The summed E-state index contributed by atoms with van der Waals surface area (Å²) in [5.74, 6) is 0.216. The molecule has 0 aliphatic heterocycles. The van der Waals surface area contributed by atoms with Gasteiger partial charge in [-0.2, -0.15) is 0 Å².